The second-order valence-electron chi connectivity index (χ2n) is 6.61. The summed E-state index contributed by atoms with van der Waals surface area (Å²) in [5.41, 5.74) is 1.97. The van der Waals surface area contributed by atoms with Crippen molar-refractivity contribution in [1.29, 1.82) is 0 Å². The highest BCUT2D eigenvalue weighted by Crippen LogP contribution is 2.15. The number of nitrogens with zero attached hydrogens (tertiary/aromatic N) is 1. The van der Waals surface area contributed by atoms with E-state index in [0.29, 0.717) is 13.0 Å². The van der Waals surface area contributed by atoms with Gasteiger partial charge in [-0.3, -0.25) is 0 Å². The zero-order chi connectivity index (χ0) is 21.3. The number of rotatable bonds is 9. The molecule has 0 aliphatic carbocycles. The molecule has 0 fully saturated rings. The molecule has 2 rings (SSSR count). The Morgan fingerprint density at radius 3 is 2.34 bits per heavy atom. The first-order valence-electron chi connectivity index (χ1n) is 9.25. The van der Waals surface area contributed by atoms with Crippen molar-refractivity contribution < 1.29 is 23.0 Å². The van der Waals surface area contributed by atoms with Crippen LogP contribution >= 0.6 is 0 Å². The molecular weight excluding hydrogens is 390 g/mol. The minimum Gasteiger partial charge on any atom is -0.497 e. The fourth-order valence-corrected chi connectivity index (χ4v) is 3.47. The van der Waals surface area contributed by atoms with Gasteiger partial charge in [0.2, 0.25) is 0 Å². The zero-order valence-corrected chi connectivity index (χ0v) is 17.8. The van der Waals surface area contributed by atoms with Gasteiger partial charge in [-0.05, 0) is 43.2 Å². The summed E-state index contributed by atoms with van der Waals surface area (Å²) in [4.78, 5) is 0.189. The average molecular weight is 418 g/mol. The van der Waals surface area contributed by atoms with Crippen molar-refractivity contribution in [3.05, 3.63) is 59.7 Å². The number of methoxy groups -OCH3 is 1. The molecule has 156 valence electrons. The third kappa shape index (κ3) is 6.79. The van der Waals surface area contributed by atoms with Crippen LogP contribution in [0.15, 0.2) is 53.4 Å². The van der Waals surface area contributed by atoms with Gasteiger partial charge in [0.1, 0.15) is 5.75 Å². The molecule has 0 aromatic heterocycles. The largest absolute Gasteiger partial charge is 0.497 e. The van der Waals surface area contributed by atoms with Gasteiger partial charge >= 0.3 is 0 Å². The molecule has 0 amide bonds. The van der Waals surface area contributed by atoms with Gasteiger partial charge < -0.3 is 14.6 Å². The van der Waals surface area contributed by atoms with Crippen LogP contribution in [0.3, 0.4) is 0 Å². The monoisotopic (exact) mass is 417 g/mol. The highest BCUT2D eigenvalue weighted by molar-refractivity contribution is 7.89. The van der Waals surface area contributed by atoms with Crippen LogP contribution < -0.4 is 4.74 Å². The summed E-state index contributed by atoms with van der Waals surface area (Å²) in [6.07, 6.45) is 0.397. The van der Waals surface area contributed by atoms with E-state index in [1.807, 2.05) is 31.2 Å². The molecule has 0 saturated heterocycles. The minimum absolute atomic E-state index is 0.0559. The maximum absolute atomic E-state index is 12.6. The number of aliphatic hydroxyl groups is 1. The van der Waals surface area contributed by atoms with Crippen molar-refractivity contribution >= 4 is 10.0 Å². The van der Waals surface area contributed by atoms with Crippen LogP contribution in [0.1, 0.15) is 17.5 Å². The van der Waals surface area contributed by atoms with Gasteiger partial charge in [0.05, 0.1) is 25.2 Å². The number of aryl methyl sites for hydroxylation is 1. The van der Waals surface area contributed by atoms with E-state index < -0.39 is 10.0 Å². The Balaban J connectivity index is 1.98. The molecule has 2 aromatic carbocycles. The first-order chi connectivity index (χ1) is 13.9. The molecule has 0 unspecified atom stereocenters. The third-order valence-electron chi connectivity index (χ3n) is 4.33. The Kier molecular flexibility index (Phi) is 8.52. The van der Waals surface area contributed by atoms with Crippen molar-refractivity contribution in [1.82, 2.24) is 4.31 Å². The summed E-state index contributed by atoms with van der Waals surface area (Å²) in [6.45, 7) is 2.52. The number of sulfonamides is 1. The Hall–Kier alpha value is -2.53. The van der Waals surface area contributed by atoms with E-state index in [0.717, 1.165) is 21.2 Å². The van der Waals surface area contributed by atoms with E-state index >= 15 is 0 Å². The second-order valence-corrected chi connectivity index (χ2v) is 8.58. The van der Waals surface area contributed by atoms with E-state index in [1.165, 1.54) is 7.05 Å². The molecule has 29 heavy (non-hydrogen) atoms. The topological polar surface area (TPSA) is 76.1 Å². The maximum Gasteiger partial charge on any atom is 0.270 e. The Bertz CT molecular complexity index is 928. The van der Waals surface area contributed by atoms with Gasteiger partial charge in [0, 0.05) is 25.6 Å². The highest BCUT2D eigenvalue weighted by atomic mass is 32.2. The Labute approximate surface area is 173 Å². The smallest absolute Gasteiger partial charge is 0.270 e. The molecule has 0 radical (unpaired) electrons. The molecular formula is C22H27NO5S. The Morgan fingerprint density at radius 2 is 1.76 bits per heavy atom. The second kappa shape index (κ2) is 10.9. The summed E-state index contributed by atoms with van der Waals surface area (Å²) in [5, 5.41) is 9.27. The SMILES string of the molecule is COc1ccc(COC[C@@H](C#CN(C)S(=O)(=O)c2ccc(C)cc2)CCO)cc1. The fraction of sp³-hybridized carbons (Fsp3) is 0.364. The number of hydrogen-bond donors (Lipinski definition) is 1. The van der Waals surface area contributed by atoms with Crippen molar-refractivity contribution in [2.75, 3.05) is 27.4 Å². The third-order valence-corrected chi connectivity index (χ3v) is 6.01. The van der Waals surface area contributed by atoms with E-state index in [-0.39, 0.29) is 24.0 Å². The molecule has 0 aliphatic heterocycles. The lowest BCUT2D eigenvalue weighted by atomic mass is 10.1. The van der Waals surface area contributed by atoms with Crippen LogP contribution in [0.25, 0.3) is 0 Å². The first-order valence-corrected chi connectivity index (χ1v) is 10.7. The van der Waals surface area contributed by atoms with Crippen LogP contribution in [0, 0.1) is 24.8 Å². The predicted octanol–water partition coefficient (Wildman–Crippen LogP) is 2.80. The lowest BCUT2D eigenvalue weighted by Gasteiger charge is -2.14. The lowest BCUT2D eigenvalue weighted by Crippen LogP contribution is -2.22. The van der Waals surface area contributed by atoms with Crippen molar-refractivity contribution in [3.63, 3.8) is 0 Å². The molecule has 0 aliphatic rings. The van der Waals surface area contributed by atoms with Crippen LogP contribution in [-0.2, 0) is 21.4 Å². The van der Waals surface area contributed by atoms with Crippen molar-refractivity contribution in [2.45, 2.75) is 24.8 Å². The molecule has 2 aromatic rings. The van der Waals surface area contributed by atoms with E-state index in [4.69, 9.17) is 9.47 Å². The van der Waals surface area contributed by atoms with Crippen LogP contribution in [0.5, 0.6) is 5.75 Å². The summed E-state index contributed by atoms with van der Waals surface area (Å²) in [5.74, 6) is 3.39. The average Bonchev–Trinajstić information content (AvgIpc) is 2.72. The summed E-state index contributed by atoms with van der Waals surface area (Å²) >= 11 is 0. The number of benzene rings is 2. The quantitative estimate of drug-likeness (QED) is 0.502. The van der Waals surface area contributed by atoms with Crippen LogP contribution in [0.2, 0.25) is 0 Å². The predicted molar refractivity (Wildman–Crippen MR) is 112 cm³/mol. The summed E-state index contributed by atoms with van der Waals surface area (Å²) < 4.78 is 37.0. The number of ether oxygens (including phenoxy) is 2. The maximum atomic E-state index is 12.6. The Morgan fingerprint density at radius 1 is 1.10 bits per heavy atom. The minimum atomic E-state index is -3.69. The fourth-order valence-electron chi connectivity index (χ4n) is 2.50. The van der Waals surface area contributed by atoms with E-state index in [1.54, 1.807) is 31.4 Å². The molecule has 1 N–H and O–H groups in total. The lowest BCUT2D eigenvalue weighted by molar-refractivity contribution is 0.0934. The zero-order valence-electron chi connectivity index (χ0n) is 17.0. The van der Waals surface area contributed by atoms with Crippen molar-refractivity contribution in [3.8, 4) is 17.7 Å². The molecule has 0 bridgehead atoms. The molecule has 0 heterocycles. The molecule has 0 spiro atoms. The molecule has 6 nitrogen and oxygen atoms in total. The van der Waals surface area contributed by atoms with Crippen LogP contribution in [0.4, 0.5) is 0 Å². The normalized spacial score (nSPS) is 12.0. The number of aliphatic hydroxyl groups excluding tert-OH is 1. The highest BCUT2D eigenvalue weighted by Gasteiger charge is 2.18. The van der Waals surface area contributed by atoms with Crippen LogP contribution in [-0.4, -0.2) is 45.2 Å². The molecule has 0 saturated carbocycles. The number of hydrogen-bond acceptors (Lipinski definition) is 5. The van der Waals surface area contributed by atoms with Gasteiger partial charge in [-0.25, -0.2) is 12.7 Å². The van der Waals surface area contributed by atoms with Gasteiger partial charge in [0.15, 0.2) is 0 Å². The van der Waals surface area contributed by atoms with Gasteiger partial charge in [-0.2, -0.15) is 0 Å². The van der Waals surface area contributed by atoms with Crippen molar-refractivity contribution in [2.24, 2.45) is 5.92 Å². The first kappa shape index (κ1) is 22.8. The van der Waals surface area contributed by atoms with Gasteiger partial charge in [-0.15, -0.1) is 0 Å². The molecule has 7 heteroatoms. The van der Waals surface area contributed by atoms with Gasteiger partial charge in [0.25, 0.3) is 10.0 Å². The van der Waals surface area contributed by atoms with E-state index in [2.05, 4.69) is 12.0 Å². The standard InChI is InChI=1S/C22H27NO5S/c1-18-4-10-22(11-5-18)29(25,26)23(2)14-12-20(13-15-24)17-28-16-19-6-8-21(27-3)9-7-19/h4-11,20,24H,13,15-17H2,1-3H3/t20-/m0/s1. The summed E-state index contributed by atoms with van der Waals surface area (Å²) in [7, 11) is -0.668. The summed E-state index contributed by atoms with van der Waals surface area (Å²) in [6, 6.07) is 16.8. The van der Waals surface area contributed by atoms with Gasteiger partial charge in [-0.1, -0.05) is 35.7 Å². The van der Waals surface area contributed by atoms with E-state index in [9.17, 15) is 13.5 Å². The molecule has 1 atom stereocenters.